The molecule has 0 aliphatic rings. The zero-order valence-corrected chi connectivity index (χ0v) is 23.0. The molecule has 0 aliphatic carbocycles. The Morgan fingerprint density at radius 3 is 1.43 bits per heavy atom. The molecule has 0 bridgehead atoms. The first-order valence-electron chi connectivity index (χ1n) is 14.1. The Hall–Kier alpha value is -2.11. The third-order valence-electron chi connectivity index (χ3n) is 7.37. The van der Waals surface area contributed by atoms with E-state index in [9.17, 15) is 0 Å². The number of para-hydroxylation sites is 1. The van der Waals surface area contributed by atoms with Crippen LogP contribution >= 0.6 is 7.26 Å². The van der Waals surface area contributed by atoms with Gasteiger partial charge in [-0.15, -0.1) is 0 Å². The normalized spacial score (nSPS) is 11.9. The quantitative estimate of drug-likeness (QED) is 0.128. The van der Waals surface area contributed by atoms with Crippen LogP contribution in [0.2, 0.25) is 0 Å². The van der Waals surface area contributed by atoms with E-state index in [2.05, 4.69) is 79.7 Å². The molecule has 0 saturated heterocycles. The Bertz CT molecular complexity index is 855. The number of benzene rings is 3. The van der Waals surface area contributed by atoms with Gasteiger partial charge in [0.1, 0.15) is 0 Å². The van der Waals surface area contributed by atoms with Crippen molar-refractivity contribution in [2.45, 2.75) is 77.6 Å². The molecular weight excluding hydrogens is 443 g/mol. The Kier molecular flexibility index (Phi) is 13.0. The van der Waals surface area contributed by atoms with Crippen LogP contribution in [0.15, 0.2) is 91.0 Å². The van der Waals surface area contributed by atoms with Crippen LogP contribution in [0.5, 0.6) is 5.75 Å². The fraction of sp³-hybridized carbons (Fsp3) is 0.455. The van der Waals surface area contributed by atoms with Gasteiger partial charge in [-0.3, -0.25) is 0 Å². The zero-order chi connectivity index (χ0) is 24.4. The van der Waals surface area contributed by atoms with Crippen molar-refractivity contribution in [2.24, 2.45) is 0 Å². The summed E-state index contributed by atoms with van der Waals surface area (Å²) in [5.41, 5.74) is 0. The van der Waals surface area contributed by atoms with E-state index in [0.29, 0.717) is 0 Å². The second-order valence-corrected chi connectivity index (χ2v) is 14.3. The molecule has 0 N–H and O–H groups in total. The van der Waals surface area contributed by atoms with Crippen LogP contribution in [-0.4, -0.2) is 18.9 Å². The van der Waals surface area contributed by atoms with Gasteiger partial charge in [0.25, 0.3) is 0 Å². The van der Waals surface area contributed by atoms with Crippen molar-refractivity contribution in [2.75, 3.05) is 18.9 Å². The van der Waals surface area contributed by atoms with E-state index in [-0.39, 0.29) is 0 Å². The van der Waals surface area contributed by atoms with Crippen LogP contribution < -0.4 is 15.3 Å². The molecule has 0 unspecified atom stereocenters. The summed E-state index contributed by atoms with van der Waals surface area (Å²) in [6.07, 6.45) is 17.6. The molecule has 1 nitrogen and oxygen atoms in total. The van der Waals surface area contributed by atoms with Crippen molar-refractivity contribution in [1.29, 1.82) is 0 Å². The molecule has 3 aromatic rings. The summed E-state index contributed by atoms with van der Waals surface area (Å²) in [7, 11) is -1.86. The van der Waals surface area contributed by atoms with E-state index in [4.69, 9.17) is 4.74 Å². The third kappa shape index (κ3) is 9.46. The van der Waals surface area contributed by atoms with Crippen LogP contribution in [0.1, 0.15) is 77.6 Å². The predicted octanol–water partition coefficient (Wildman–Crippen LogP) is 8.78. The molecule has 0 radical (unpaired) electrons. The summed E-state index contributed by atoms with van der Waals surface area (Å²) in [6.45, 7) is 3.08. The molecule has 35 heavy (non-hydrogen) atoms. The van der Waals surface area contributed by atoms with Crippen molar-refractivity contribution in [1.82, 2.24) is 0 Å². The molecule has 3 aromatic carbocycles. The number of hydrogen-bond donors (Lipinski definition) is 0. The summed E-state index contributed by atoms with van der Waals surface area (Å²) >= 11 is 0. The minimum atomic E-state index is -1.86. The fourth-order valence-corrected chi connectivity index (χ4v) is 10.4. The van der Waals surface area contributed by atoms with Crippen molar-refractivity contribution in [3.05, 3.63) is 91.0 Å². The summed E-state index contributed by atoms with van der Waals surface area (Å²) in [5.74, 6) is 0.980. The first kappa shape index (κ1) is 27.5. The fourth-order valence-electron chi connectivity index (χ4n) is 5.38. The van der Waals surface area contributed by atoms with Gasteiger partial charge in [-0.05, 0) is 0 Å². The SMILES string of the molecule is CCCCCCCCCCCC[PH](CCCOc1ccccc1)(c1ccccc1)c1ccccc1. The van der Waals surface area contributed by atoms with Crippen molar-refractivity contribution >= 4 is 17.9 Å². The Labute approximate surface area is 215 Å². The van der Waals surface area contributed by atoms with Gasteiger partial charge in [0.2, 0.25) is 0 Å². The average Bonchev–Trinajstić information content (AvgIpc) is 2.92. The molecule has 0 saturated carbocycles. The molecule has 0 fully saturated rings. The number of unbranched alkanes of at least 4 members (excludes halogenated alkanes) is 9. The number of ether oxygens (including phenoxy) is 1. The summed E-state index contributed by atoms with van der Waals surface area (Å²) in [6, 6.07) is 33.1. The van der Waals surface area contributed by atoms with Crippen LogP contribution in [0, 0.1) is 0 Å². The monoisotopic (exact) mass is 490 g/mol. The summed E-state index contributed by atoms with van der Waals surface area (Å²) in [4.78, 5) is 0. The van der Waals surface area contributed by atoms with Gasteiger partial charge in [0.05, 0.1) is 0 Å². The molecule has 190 valence electrons. The van der Waals surface area contributed by atoms with E-state index < -0.39 is 7.26 Å². The standard InChI is InChI=1S/C33H47OP/c1-2-3-4-5-6-7-8-9-10-20-29-35(32-24-16-12-17-25-32,33-26-18-13-19-27-33)30-21-28-34-31-22-14-11-15-23-31/h11-19,22-27,35H,2-10,20-21,28-30H2,1H3. The van der Waals surface area contributed by atoms with Crippen LogP contribution in [0.25, 0.3) is 0 Å². The second-order valence-electron chi connectivity index (χ2n) is 10.0. The molecular formula is C33H47OP. The van der Waals surface area contributed by atoms with Crippen molar-refractivity contribution in [3.63, 3.8) is 0 Å². The summed E-state index contributed by atoms with van der Waals surface area (Å²) in [5, 5.41) is 3.17. The summed E-state index contributed by atoms with van der Waals surface area (Å²) < 4.78 is 6.10. The van der Waals surface area contributed by atoms with Crippen LogP contribution in [0.3, 0.4) is 0 Å². The topological polar surface area (TPSA) is 9.23 Å². The molecule has 3 rings (SSSR count). The second kappa shape index (κ2) is 16.5. The number of hydrogen-bond acceptors (Lipinski definition) is 1. The first-order chi connectivity index (χ1) is 17.3. The predicted molar refractivity (Wildman–Crippen MR) is 159 cm³/mol. The van der Waals surface area contributed by atoms with E-state index in [1.54, 1.807) is 10.6 Å². The van der Waals surface area contributed by atoms with E-state index in [0.717, 1.165) is 18.8 Å². The minimum absolute atomic E-state index is 0.788. The van der Waals surface area contributed by atoms with E-state index >= 15 is 0 Å². The van der Waals surface area contributed by atoms with Gasteiger partial charge in [-0.25, -0.2) is 0 Å². The van der Waals surface area contributed by atoms with Gasteiger partial charge in [0, 0.05) is 0 Å². The molecule has 0 atom stereocenters. The molecule has 0 amide bonds. The average molecular weight is 491 g/mol. The molecule has 0 aliphatic heterocycles. The third-order valence-corrected chi connectivity index (χ3v) is 12.7. The zero-order valence-electron chi connectivity index (χ0n) is 22.0. The van der Waals surface area contributed by atoms with Crippen molar-refractivity contribution < 1.29 is 4.74 Å². The molecule has 0 aromatic heterocycles. The number of rotatable bonds is 18. The molecule has 0 spiro atoms. The first-order valence-corrected chi connectivity index (χ1v) is 16.6. The van der Waals surface area contributed by atoms with Gasteiger partial charge >= 0.3 is 216 Å². The van der Waals surface area contributed by atoms with E-state index in [1.165, 1.54) is 76.5 Å². The molecule has 2 heteroatoms. The van der Waals surface area contributed by atoms with E-state index in [1.807, 2.05) is 18.2 Å². The van der Waals surface area contributed by atoms with Crippen LogP contribution in [-0.2, 0) is 0 Å². The maximum atomic E-state index is 6.10. The van der Waals surface area contributed by atoms with Gasteiger partial charge in [-0.1, -0.05) is 0 Å². The Morgan fingerprint density at radius 2 is 0.914 bits per heavy atom. The molecule has 0 heterocycles. The van der Waals surface area contributed by atoms with Gasteiger partial charge in [-0.2, -0.15) is 0 Å². The maximum absolute atomic E-state index is 6.10. The Balaban J connectivity index is 1.60. The van der Waals surface area contributed by atoms with Gasteiger partial charge in [0.15, 0.2) is 0 Å². The van der Waals surface area contributed by atoms with Crippen LogP contribution in [0.4, 0.5) is 0 Å². The van der Waals surface area contributed by atoms with Gasteiger partial charge < -0.3 is 0 Å². The Morgan fingerprint density at radius 1 is 0.486 bits per heavy atom. The van der Waals surface area contributed by atoms with Crippen molar-refractivity contribution in [3.8, 4) is 5.75 Å².